The smallest absolute Gasteiger partial charge is 0.305 e. The molecule has 4 aliphatic carbocycles. The van der Waals surface area contributed by atoms with Crippen molar-refractivity contribution in [2.24, 2.45) is 52.3 Å². The second-order valence-corrected chi connectivity index (χ2v) is 21.1. The highest BCUT2D eigenvalue weighted by Gasteiger charge is 2.59. The minimum Gasteiger partial charge on any atom is -0.463 e. The zero-order valence-corrected chi connectivity index (χ0v) is 38.4. The summed E-state index contributed by atoms with van der Waals surface area (Å²) in [5, 5.41) is 32.5. The first-order valence-electron chi connectivity index (χ1n) is 25.0. The van der Waals surface area contributed by atoms with Crippen LogP contribution in [0.1, 0.15) is 209 Å². The van der Waals surface area contributed by atoms with Gasteiger partial charge in [-0.2, -0.15) is 0 Å². The van der Waals surface area contributed by atoms with Crippen molar-refractivity contribution in [1.82, 2.24) is 0 Å². The maximum absolute atomic E-state index is 12.6. The zero-order valence-electron chi connectivity index (χ0n) is 38.4. The summed E-state index contributed by atoms with van der Waals surface area (Å²) >= 11 is 0. The van der Waals surface area contributed by atoms with Crippen LogP contribution in [0.2, 0.25) is 0 Å². The highest BCUT2D eigenvalue weighted by atomic mass is 16.7. The SMILES string of the molecule is CCCCCCCCCCCCCCCC(=O)OC[C@H]1O[C@@H](O[C@H]2CC[C@@]3(C)C(=CC[C@H]4[C@@H]5CC[C@@H]([C@H](C)CC[C@H](CC)C(C)C)[C@@]5(C)CC[C@@H]43)C2)[C@H](O)[C@@H](O)[C@@H]1O. The summed E-state index contributed by atoms with van der Waals surface area (Å²) in [5.74, 6) is 5.24. The average Bonchev–Trinajstić information content (AvgIpc) is 3.56. The maximum Gasteiger partial charge on any atom is 0.305 e. The Balaban J connectivity index is 1.04. The maximum atomic E-state index is 12.6. The van der Waals surface area contributed by atoms with Crippen LogP contribution >= 0.6 is 0 Å². The topological polar surface area (TPSA) is 105 Å². The number of esters is 1. The predicted octanol–water partition coefficient (Wildman–Crippen LogP) is 11.9. The van der Waals surface area contributed by atoms with Gasteiger partial charge in [-0.05, 0) is 116 Å². The van der Waals surface area contributed by atoms with E-state index in [4.69, 9.17) is 14.2 Å². The lowest BCUT2D eigenvalue weighted by molar-refractivity contribution is -0.313. The summed E-state index contributed by atoms with van der Waals surface area (Å²) in [4.78, 5) is 12.6. The number of carbonyl (C=O) groups excluding carboxylic acids is 1. The Morgan fingerprint density at radius 3 is 2.09 bits per heavy atom. The Morgan fingerprint density at radius 1 is 0.793 bits per heavy atom. The van der Waals surface area contributed by atoms with Gasteiger partial charge in [0.2, 0.25) is 0 Å². The molecular weight excluding hydrogens is 725 g/mol. The standard InChI is InChI=1S/C51H90O7/c1-8-10-11-12-13-14-15-16-17-18-19-20-21-22-45(52)56-34-44-46(53)47(54)48(55)49(58-44)57-39-29-31-50(6)38(33-39)25-26-40-42-28-27-41(51(42,7)32-30-43(40)50)36(5)23-24-37(9-2)35(3)4/h25,35-37,39-44,46-49,53-55H,8-24,26-34H2,1-7H3/t36-,37+,39+,40+,41+,42+,43+,44-,46-,47+,48-,49-,50+,51-/m1/s1. The lowest BCUT2D eigenvalue weighted by Crippen LogP contribution is -2.60. The predicted molar refractivity (Wildman–Crippen MR) is 235 cm³/mol. The van der Waals surface area contributed by atoms with E-state index in [2.05, 4.69) is 54.5 Å². The van der Waals surface area contributed by atoms with Crippen molar-refractivity contribution in [2.75, 3.05) is 6.61 Å². The Bertz CT molecular complexity index is 1250. The van der Waals surface area contributed by atoms with Gasteiger partial charge in [0.25, 0.3) is 0 Å². The molecule has 58 heavy (non-hydrogen) atoms. The van der Waals surface area contributed by atoms with Gasteiger partial charge in [-0.15, -0.1) is 0 Å². The van der Waals surface area contributed by atoms with E-state index in [0.717, 1.165) is 80.5 Å². The fraction of sp³-hybridized carbons (Fsp3) is 0.941. The molecule has 0 bridgehead atoms. The molecule has 14 atom stereocenters. The van der Waals surface area contributed by atoms with E-state index in [1.807, 2.05) is 0 Å². The highest BCUT2D eigenvalue weighted by Crippen LogP contribution is 2.67. The zero-order chi connectivity index (χ0) is 41.9. The van der Waals surface area contributed by atoms with Crippen LogP contribution in [0, 0.1) is 52.3 Å². The van der Waals surface area contributed by atoms with E-state index in [-0.39, 0.29) is 24.1 Å². The minimum absolute atomic E-state index is 0.139. The molecule has 7 nitrogen and oxygen atoms in total. The first-order valence-corrected chi connectivity index (χ1v) is 25.0. The van der Waals surface area contributed by atoms with Gasteiger partial charge in [0, 0.05) is 6.42 Å². The molecule has 0 amide bonds. The number of fused-ring (bicyclic) bond motifs is 5. The van der Waals surface area contributed by atoms with Crippen LogP contribution in [-0.4, -0.2) is 64.7 Å². The third-order valence-electron chi connectivity index (χ3n) is 17.2. The molecule has 1 saturated heterocycles. The monoisotopic (exact) mass is 815 g/mol. The molecule has 0 aromatic carbocycles. The van der Waals surface area contributed by atoms with Crippen molar-refractivity contribution in [3.63, 3.8) is 0 Å². The van der Waals surface area contributed by atoms with Gasteiger partial charge in [-0.3, -0.25) is 4.79 Å². The fourth-order valence-corrected chi connectivity index (χ4v) is 13.3. The quantitative estimate of drug-likeness (QED) is 0.0506. The molecule has 1 aliphatic heterocycles. The lowest BCUT2D eigenvalue weighted by atomic mass is 9.47. The third kappa shape index (κ3) is 11.9. The first-order chi connectivity index (χ1) is 27.8. The number of aliphatic hydroxyl groups is 3. The van der Waals surface area contributed by atoms with Gasteiger partial charge in [0.05, 0.1) is 6.10 Å². The summed E-state index contributed by atoms with van der Waals surface area (Å²) in [6.45, 7) is 17.0. The van der Waals surface area contributed by atoms with Gasteiger partial charge in [0.1, 0.15) is 31.0 Å². The number of unbranched alkanes of at least 4 members (excludes halogenated alkanes) is 12. The van der Waals surface area contributed by atoms with E-state index in [9.17, 15) is 20.1 Å². The molecule has 5 aliphatic rings. The molecule has 0 unspecified atom stereocenters. The van der Waals surface area contributed by atoms with Crippen molar-refractivity contribution in [2.45, 2.75) is 246 Å². The summed E-state index contributed by atoms with van der Waals surface area (Å²) < 4.78 is 18.0. The second kappa shape index (κ2) is 22.9. The third-order valence-corrected chi connectivity index (χ3v) is 17.2. The Kier molecular flexibility index (Phi) is 19.0. The fourth-order valence-electron chi connectivity index (χ4n) is 13.3. The molecule has 4 fully saturated rings. The summed E-state index contributed by atoms with van der Waals surface area (Å²) in [6.07, 6.45) is 26.1. The Morgan fingerprint density at radius 2 is 1.45 bits per heavy atom. The largest absolute Gasteiger partial charge is 0.463 e. The van der Waals surface area contributed by atoms with E-state index < -0.39 is 30.7 Å². The van der Waals surface area contributed by atoms with Crippen molar-refractivity contribution in [3.05, 3.63) is 11.6 Å². The van der Waals surface area contributed by atoms with Crippen LogP contribution in [0.4, 0.5) is 0 Å². The van der Waals surface area contributed by atoms with Gasteiger partial charge in [-0.1, -0.05) is 150 Å². The van der Waals surface area contributed by atoms with E-state index in [1.54, 1.807) is 0 Å². The van der Waals surface area contributed by atoms with E-state index in [0.29, 0.717) is 17.8 Å². The van der Waals surface area contributed by atoms with E-state index in [1.165, 1.54) is 115 Å². The molecule has 0 spiro atoms. The normalized spacial score (nSPS) is 37.1. The molecule has 5 rings (SSSR count). The van der Waals surface area contributed by atoms with Crippen LogP contribution in [0.25, 0.3) is 0 Å². The van der Waals surface area contributed by atoms with Crippen LogP contribution in [0.5, 0.6) is 0 Å². The van der Waals surface area contributed by atoms with Crippen molar-refractivity contribution < 1.29 is 34.3 Å². The van der Waals surface area contributed by atoms with Gasteiger partial charge >= 0.3 is 5.97 Å². The number of aliphatic hydroxyl groups excluding tert-OH is 3. The van der Waals surface area contributed by atoms with Gasteiger partial charge in [0.15, 0.2) is 6.29 Å². The van der Waals surface area contributed by atoms with Gasteiger partial charge in [-0.25, -0.2) is 0 Å². The van der Waals surface area contributed by atoms with Crippen molar-refractivity contribution in [3.8, 4) is 0 Å². The lowest BCUT2D eigenvalue weighted by Gasteiger charge is -2.58. The number of ether oxygens (including phenoxy) is 3. The summed E-state index contributed by atoms with van der Waals surface area (Å²) in [7, 11) is 0. The Hall–Kier alpha value is -0.990. The van der Waals surface area contributed by atoms with Crippen LogP contribution < -0.4 is 0 Å². The van der Waals surface area contributed by atoms with Crippen molar-refractivity contribution >= 4 is 5.97 Å². The highest BCUT2D eigenvalue weighted by molar-refractivity contribution is 5.69. The molecule has 0 radical (unpaired) electrons. The molecule has 3 saturated carbocycles. The molecule has 0 aromatic rings. The van der Waals surface area contributed by atoms with Crippen molar-refractivity contribution in [1.29, 1.82) is 0 Å². The van der Waals surface area contributed by atoms with Gasteiger partial charge < -0.3 is 29.5 Å². The van der Waals surface area contributed by atoms with Crippen LogP contribution in [0.15, 0.2) is 11.6 Å². The molecule has 7 heteroatoms. The number of carbonyl (C=O) groups is 1. The average molecular weight is 815 g/mol. The number of hydrogen-bond acceptors (Lipinski definition) is 7. The summed E-state index contributed by atoms with van der Waals surface area (Å²) in [5.41, 5.74) is 2.13. The molecule has 0 aromatic heterocycles. The van der Waals surface area contributed by atoms with Crippen LogP contribution in [0.3, 0.4) is 0 Å². The Labute approximate surface area is 355 Å². The molecular formula is C51H90O7. The summed E-state index contributed by atoms with van der Waals surface area (Å²) in [6, 6.07) is 0. The number of hydrogen-bond donors (Lipinski definition) is 3. The minimum atomic E-state index is -1.44. The molecule has 3 N–H and O–H groups in total. The van der Waals surface area contributed by atoms with Crippen LogP contribution in [-0.2, 0) is 19.0 Å². The molecule has 336 valence electrons. The number of allylic oxidation sites excluding steroid dienone is 1. The molecule has 1 heterocycles. The second-order valence-electron chi connectivity index (χ2n) is 21.1. The van der Waals surface area contributed by atoms with E-state index >= 15 is 0 Å². The first kappa shape index (κ1) is 48.0. The number of rotatable bonds is 24.